The van der Waals surface area contributed by atoms with Gasteiger partial charge in [0, 0.05) is 6.92 Å². The van der Waals surface area contributed by atoms with E-state index in [-0.39, 0.29) is 39.1 Å². The lowest BCUT2D eigenvalue weighted by molar-refractivity contribution is -0.138. The van der Waals surface area contributed by atoms with Crippen molar-refractivity contribution in [3.05, 3.63) is 29.8 Å². The molecular weight excluding hydrogens is 367 g/mol. The van der Waals surface area contributed by atoms with Crippen LogP contribution in [0.15, 0.2) is 29.2 Å². The number of benzene rings is 1. The van der Waals surface area contributed by atoms with Gasteiger partial charge in [0.1, 0.15) is 0 Å². The SMILES string of the molecule is C.C.CCOP(=O)(Cc1ccc(S(=O)(=O)COC(C)=O)cc1)OCC. The molecule has 146 valence electrons. The van der Waals surface area contributed by atoms with Crippen LogP contribution in [0.25, 0.3) is 0 Å². The van der Waals surface area contributed by atoms with Crippen LogP contribution in [0.1, 0.15) is 41.2 Å². The highest BCUT2D eigenvalue weighted by Gasteiger charge is 2.24. The van der Waals surface area contributed by atoms with Gasteiger partial charge in [0.2, 0.25) is 9.84 Å². The molecule has 25 heavy (non-hydrogen) atoms. The van der Waals surface area contributed by atoms with Gasteiger partial charge in [0.15, 0.2) is 5.94 Å². The highest BCUT2D eigenvalue weighted by Crippen LogP contribution is 2.51. The molecular formula is C16H29O7PS. The molecule has 0 saturated heterocycles. The Hall–Kier alpha value is -1.21. The van der Waals surface area contributed by atoms with E-state index >= 15 is 0 Å². The minimum absolute atomic E-state index is 0. The van der Waals surface area contributed by atoms with Crippen LogP contribution < -0.4 is 0 Å². The number of ether oxygens (including phenoxy) is 1. The molecule has 0 fully saturated rings. The summed E-state index contributed by atoms with van der Waals surface area (Å²) < 4.78 is 51.2. The number of carbonyl (C=O) groups excluding carboxylic acids is 1. The zero-order valence-corrected chi connectivity index (χ0v) is 15.1. The lowest BCUT2D eigenvalue weighted by atomic mass is 10.2. The zero-order valence-electron chi connectivity index (χ0n) is 13.4. The van der Waals surface area contributed by atoms with Crippen LogP contribution in [-0.4, -0.2) is 33.5 Å². The molecule has 9 heteroatoms. The van der Waals surface area contributed by atoms with Crippen molar-refractivity contribution in [1.82, 2.24) is 0 Å². The van der Waals surface area contributed by atoms with Crippen molar-refractivity contribution in [2.45, 2.75) is 46.7 Å². The van der Waals surface area contributed by atoms with E-state index in [4.69, 9.17) is 9.05 Å². The van der Waals surface area contributed by atoms with Crippen molar-refractivity contribution >= 4 is 23.4 Å². The molecule has 0 aliphatic heterocycles. The number of rotatable bonds is 9. The summed E-state index contributed by atoms with van der Waals surface area (Å²) in [5.41, 5.74) is 0.627. The van der Waals surface area contributed by atoms with E-state index in [9.17, 15) is 17.8 Å². The summed E-state index contributed by atoms with van der Waals surface area (Å²) in [6.45, 7) is 5.09. The maximum Gasteiger partial charge on any atom is 0.335 e. The predicted octanol–water partition coefficient (Wildman–Crippen LogP) is 4.02. The van der Waals surface area contributed by atoms with Crippen molar-refractivity contribution in [2.24, 2.45) is 0 Å². The summed E-state index contributed by atoms with van der Waals surface area (Å²) in [6.07, 6.45) is 0.0545. The molecule has 0 heterocycles. The molecule has 7 nitrogen and oxygen atoms in total. The topological polar surface area (TPSA) is 96.0 Å². The molecule has 0 unspecified atom stereocenters. The minimum atomic E-state index is -3.71. The Labute approximate surface area is 151 Å². The first-order valence-electron chi connectivity index (χ1n) is 7.05. The summed E-state index contributed by atoms with van der Waals surface area (Å²) in [5, 5.41) is 0. The summed E-state index contributed by atoms with van der Waals surface area (Å²) in [4.78, 5) is 10.7. The van der Waals surface area contributed by atoms with Crippen LogP contribution in [0, 0.1) is 0 Å². The summed E-state index contributed by atoms with van der Waals surface area (Å²) in [6, 6.07) is 5.81. The minimum Gasteiger partial charge on any atom is -0.449 e. The average Bonchev–Trinajstić information content (AvgIpc) is 2.46. The van der Waals surface area contributed by atoms with E-state index in [1.165, 1.54) is 24.3 Å². The number of hydrogen-bond acceptors (Lipinski definition) is 7. The molecule has 1 aromatic carbocycles. The van der Waals surface area contributed by atoms with Gasteiger partial charge in [0.25, 0.3) is 0 Å². The van der Waals surface area contributed by atoms with Gasteiger partial charge in [-0.25, -0.2) is 8.42 Å². The fourth-order valence-electron chi connectivity index (χ4n) is 1.78. The monoisotopic (exact) mass is 396 g/mol. The van der Waals surface area contributed by atoms with Crippen LogP contribution in [-0.2, 0) is 39.1 Å². The van der Waals surface area contributed by atoms with Crippen LogP contribution >= 0.6 is 7.60 Å². The van der Waals surface area contributed by atoms with E-state index in [1.807, 2.05) is 0 Å². The Morgan fingerprint density at radius 2 is 1.52 bits per heavy atom. The molecule has 0 N–H and O–H groups in total. The van der Waals surface area contributed by atoms with Gasteiger partial charge in [0.05, 0.1) is 24.3 Å². The van der Waals surface area contributed by atoms with Gasteiger partial charge in [-0.3, -0.25) is 9.36 Å². The Bertz CT molecular complexity index is 658. The predicted molar refractivity (Wildman–Crippen MR) is 98.3 cm³/mol. The summed E-state index contributed by atoms with van der Waals surface area (Å²) in [5.74, 6) is -1.38. The van der Waals surface area contributed by atoms with Gasteiger partial charge in [-0.05, 0) is 31.5 Å². The second kappa shape index (κ2) is 11.4. The molecule has 0 saturated carbocycles. The second-order valence-corrected chi connectivity index (χ2v) is 8.61. The first-order chi connectivity index (χ1) is 10.7. The number of carbonyl (C=O) groups is 1. The quantitative estimate of drug-likeness (QED) is 0.459. The number of hydrogen-bond donors (Lipinski definition) is 0. The van der Waals surface area contributed by atoms with Crippen LogP contribution in [0.4, 0.5) is 0 Å². The first-order valence-corrected chi connectivity index (χ1v) is 10.4. The summed E-state index contributed by atoms with van der Waals surface area (Å²) >= 11 is 0. The number of esters is 1. The highest BCUT2D eigenvalue weighted by molar-refractivity contribution is 7.91. The molecule has 0 aliphatic carbocycles. The van der Waals surface area contributed by atoms with Crippen molar-refractivity contribution in [1.29, 1.82) is 0 Å². The largest absolute Gasteiger partial charge is 0.449 e. The van der Waals surface area contributed by atoms with Crippen molar-refractivity contribution < 1.29 is 31.6 Å². The molecule has 0 radical (unpaired) electrons. The molecule has 0 atom stereocenters. The van der Waals surface area contributed by atoms with E-state index in [0.29, 0.717) is 5.56 Å². The third kappa shape index (κ3) is 8.63. The Balaban J connectivity index is 0. The van der Waals surface area contributed by atoms with Crippen molar-refractivity contribution in [2.75, 3.05) is 19.2 Å². The lowest BCUT2D eigenvalue weighted by Crippen LogP contribution is -2.12. The van der Waals surface area contributed by atoms with E-state index in [0.717, 1.165) is 6.92 Å². The van der Waals surface area contributed by atoms with Crippen molar-refractivity contribution in [3.8, 4) is 0 Å². The molecule has 0 spiro atoms. The van der Waals surface area contributed by atoms with Crippen LogP contribution in [0.3, 0.4) is 0 Å². The fourth-order valence-corrected chi connectivity index (χ4v) is 4.49. The molecule has 1 aromatic rings. The highest BCUT2D eigenvalue weighted by atomic mass is 32.2. The second-order valence-electron chi connectivity index (χ2n) is 4.62. The Morgan fingerprint density at radius 3 is 1.92 bits per heavy atom. The maximum atomic E-state index is 12.4. The Morgan fingerprint density at radius 1 is 1.04 bits per heavy atom. The molecule has 1 rings (SSSR count). The molecule has 0 aromatic heterocycles. The normalized spacial score (nSPS) is 11.2. The first kappa shape index (κ1) is 26.0. The smallest absolute Gasteiger partial charge is 0.335 e. The molecule has 0 aliphatic rings. The van der Waals surface area contributed by atoms with Gasteiger partial charge in [-0.15, -0.1) is 0 Å². The average molecular weight is 396 g/mol. The summed E-state index contributed by atoms with van der Waals surface area (Å²) in [7, 11) is -6.95. The molecule has 0 bridgehead atoms. The van der Waals surface area contributed by atoms with E-state index in [2.05, 4.69) is 4.74 Å². The molecule has 0 amide bonds. The fraction of sp³-hybridized carbons (Fsp3) is 0.562. The number of sulfone groups is 1. The third-order valence-electron chi connectivity index (χ3n) is 2.73. The van der Waals surface area contributed by atoms with Crippen LogP contribution in [0.5, 0.6) is 0 Å². The third-order valence-corrected chi connectivity index (χ3v) is 6.20. The lowest BCUT2D eigenvalue weighted by Gasteiger charge is -2.17. The standard InChI is InChI=1S/C14H21O7PS.2CH4/c1-4-20-22(16,21-5-2)10-13-6-8-14(9-7-13)23(17,18)11-19-12(3)15;;/h6-9H,4-5,10-11H2,1-3H3;2*1H4. The van der Waals surface area contributed by atoms with Gasteiger partial charge in [-0.1, -0.05) is 27.0 Å². The zero-order chi connectivity index (χ0) is 17.5. The van der Waals surface area contributed by atoms with E-state index < -0.39 is 29.3 Å². The van der Waals surface area contributed by atoms with Crippen molar-refractivity contribution in [3.63, 3.8) is 0 Å². The van der Waals surface area contributed by atoms with E-state index in [1.54, 1.807) is 13.8 Å². The van der Waals surface area contributed by atoms with Gasteiger partial charge < -0.3 is 13.8 Å². The van der Waals surface area contributed by atoms with Gasteiger partial charge in [-0.2, -0.15) is 0 Å². The van der Waals surface area contributed by atoms with Gasteiger partial charge >= 0.3 is 13.6 Å². The Kier molecular flexibility index (Phi) is 11.9. The van der Waals surface area contributed by atoms with Crippen LogP contribution in [0.2, 0.25) is 0 Å². The maximum absolute atomic E-state index is 12.4.